The molecule has 0 bridgehead atoms. The van der Waals surface area contributed by atoms with E-state index in [4.69, 9.17) is 4.74 Å². The molecule has 0 unspecified atom stereocenters. The molecular formula is C13H15NO3. The summed E-state index contributed by atoms with van der Waals surface area (Å²) in [5.74, 6) is -0.493. The lowest BCUT2D eigenvalue weighted by Crippen LogP contribution is -2.26. The van der Waals surface area contributed by atoms with Crippen molar-refractivity contribution in [3.8, 4) is 0 Å². The van der Waals surface area contributed by atoms with Crippen LogP contribution in [0.1, 0.15) is 19.4 Å². The van der Waals surface area contributed by atoms with E-state index in [1.807, 2.05) is 30.3 Å². The number of hydrogen-bond donors (Lipinski definition) is 0. The van der Waals surface area contributed by atoms with Gasteiger partial charge in [0.1, 0.15) is 0 Å². The minimum absolute atomic E-state index is 0.220. The van der Waals surface area contributed by atoms with Gasteiger partial charge in [0.25, 0.3) is 0 Å². The summed E-state index contributed by atoms with van der Waals surface area (Å²) in [6, 6.07) is 8.55. The summed E-state index contributed by atoms with van der Waals surface area (Å²) in [6.45, 7) is 3.50. The fourth-order valence-corrected chi connectivity index (χ4v) is 1.39. The summed E-state index contributed by atoms with van der Waals surface area (Å²) in [7, 11) is 0. The van der Waals surface area contributed by atoms with Crippen LogP contribution < -0.4 is 0 Å². The molecule has 0 amide bonds. The first-order valence-electron chi connectivity index (χ1n) is 5.45. The van der Waals surface area contributed by atoms with Crippen LogP contribution in [-0.4, -0.2) is 24.2 Å². The second-order valence-corrected chi connectivity index (χ2v) is 3.91. The minimum Gasteiger partial charge on any atom is -0.461 e. The topological polar surface area (TPSA) is 55.7 Å². The first kappa shape index (κ1) is 13.1. The summed E-state index contributed by atoms with van der Waals surface area (Å²) in [4.78, 5) is 25.4. The number of carbonyl (C=O) groups excluding carboxylic acids is 2. The maximum absolute atomic E-state index is 11.7. The summed E-state index contributed by atoms with van der Waals surface area (Å²) in [6.07, 6.45) is 1.55. The van der Waals surface area contributed by atoms with E-state index in [0.29, 0.717) is 6.42 Å². The largest absolute Gasteiger partial charge is 0.461 e. The van der Waals surface area contributed by atoms with Gasteiger partial charge in [-0.05, 0) is 19.4 Å². The third kappa shape index (κ3) is 4.62. The summed E-state index contributed by atoms with van der Waals surface area (Å²) < 4.78 is 5.03. The Bertz CT molecular complexity index is 408. The van der Waals surface area contributed by atoms with Gasteiger partial charge in [-0.2, -0.15) is 4.99 Å². The predicted molar refractivity (Wildman–Crippen MR) is 63.3 cm³/mol. The third-order valence-corrected chi connectivity index (χ3v) is 2.10. The maximum atomic E-state index is 11.7. The summed E-state index contributed by atoms with van der Waals surface area (Å²) in [5.41, 5.74) is 0.928. The van der Waals surface area contributed by atoms with Gasteiger partial charge in [0, 0.05) is 6.42 Å². The van der Waals surface area contributed by atoms with Gasteiger partial charge >= 0.3 is 5.97 Å². The highest BCUT2D eigenvalue weighted by Gasteiger charge is 2.20. The molecule has 1 aromatic carbocycles. The molecule has 0 heterocycles. The van der Waals surface area contributed by atoms with Crippen LogP contribution in [0, 0.1) is 0 Å². The van der Waals surface area contributed by atoms with Gasteiger partial charge in [-0.15, -0.1) is 0 Å². The van der Waals surface area contributed by atoms with Crippen LogP contribution in [0.2, 0.25) is 0 Å². The van der Waals surface area contributed by atoms with Gasteiger partial charge in [0.05, 0.1) is 6.10 Å². The van der Waals surface area contributed by atoms with Crippen LogP contribution in [0.3, 0.4) is 0 Å². The fourth-order valence-electron chi connectivity index (χ4n) is 1.39. The fraction of sp³-hybridized carbons (Fsp3) is 0.385. The van der Waals surface area contributed by atoms with Crippen molar-refractivity contribution in [2.75, 3.05) is 0 Å². The molecule has 4 heteroatoms. The molecule has 1 aromatic rings. The van der Waals surface area contributed by atoms with Crippen molar-refractivity contribution in [2.45, 2.75) is 32.4 Å². The number of benzene rings is 1. The zero-order valence-electron chi connectivity index (χ0n) is 9.92. The zero-order valence-corrected chi connectivity index (χ0v) is 9.92. The lowest BCUT2D eigenvalue weighted by atomic mass is 10.1. The van der Waals surface area contributed by atoms with E-state index in [1.54, 1.807) is 13.8 Å². The van der Waals surface area contributed by atoms with Crippen LogP contribution in [-0.2, 0) is 20.7 Å². The van der Waals surface area contributed by atoms with Crippen LogP contribution in [0.4, 0.5) is 0 Å². The van der Waals surface area contributed by atoms with E-state index in [1.165, 1.54) is 6.08 Å². The average Bonchev–Trinajstić information content (AvgIpc) is 2.29. The number of isocyanates is 1. The number of rotatable bonds is 5. The molecule has 17 heavy (non-hydrogen) atoms. The lowest BCUT2D eigenvalue weighted by molar-refractivity contribution is -0.148. The zero-order chi connectivity index (χ0) is 12.7. The predicted octanol–water partition coefficient (Wildman–Crippen LogP) is 1.89. The molecule has 0 aliphatic carbocycles. The highest BCUT2D eigenvalue weighted by molar-refractivity contribution is 5.77. The Morgan fingerprint density at radius 1 is 1.35 bits per heavy atom. The van der Waals surface area contributed by atoms with E-state index >= 15 is 0 Å². The quantitative estimate of drug-likeness (QED) is 0.443. The number of nitrogens with zero attached hydrogens (tertiary/aromatic N) is 1. The molecule has 0 saturated carbocycles. The van der Waals surface area contributed by atoms with Crippen molar-refractivity contribution in [2.24, 2.45) is 4.99 Å². The van der Waals surface area contributed by atoms with Gasteiger partial charge in [-0.1, -0.05) is 30.3 Å². The molecule has 0 radical (unpaired) electrons. The Balaban J connectivity index is 2.73. The Hall–Kier alpha value is -1.93. The average molecular weight is 233 g/mol. The van der Waals surface area contributed by atoms with E-state index in [2.05, 4.69) is 4.99 Å². The normalized spacial score (nSPS) is 11.7. The van der Waals surface area contributed by atoms with Crippen LogP contribution in [0.15, 0.2) is 35.3 Å². The first-order valence-corrected chi connectivity index (χ1v) is 5.45. The number of carbonyl (C=O) groups is 1. The molecule has 4 nitrogen and oxygen atoms in total. The van der Waals surface area contributed by atoms with Crippen LogP contribution >= 0.6 is 0 Å². The lowest BCUT2D eigenvalue weighted by Gasteiger charge is -2.13. The first-order chi connectivity index (χ1) is 8.13. The molecule has 90 valence electrons. The molecule has 1 rings (SSSR count). The summed E-state index contributed by atoms with van der Waals surface area (Å²) >= 11 is 0. The third-order valence-electron chi connectivity index (χ3n) is 2.10. The van der Waals surface area contributed by atoms with Crippen molar-refractivity contribution in [3.63, 3.8) is 0 Å². The SMILES string of the molecule is CC(C)OC(=O)[C@@H](Cc1ccccc1)N=C=O. The van der Waals surface area contributed by atoms with E-state index in [9.17, 15) is 9.59 Å². The Morgan fingerprint density at radius 3 is 2.53 bits per heavy atom. The molecule has 0 aliphatic rings. The van der Waals surface area contributed by atoms with E-state index in [0.717, 1.165) is 5.56 Å². The number of esters is 1. The van der Waals surface area contributed by atoms with Crippen LogP contribution in [0.25, 0.3) is 0 Å². The van der Waals surface area contributed by atoms with Gasteiger partial charge in [0.2, 0.25) is 6.08 Å². The van der Waals surface area contributed by atoms with E-state index < -0.39 is 12.0 Å². The number of hydrogen-bond acceptors (Lipinski definition) is 4. The van der Waals surface area contributed by atoms with Gasteiger partial charge < -0.3 is 4.74 Å². The molecule has 0 aromatic heterocycles. The van der Waals surface area contributed by atoms with Crippen molar-refractivity contribution < 1.29 is 14.3 Å². The van der Waals surface area contributed by atoms with Crippen LogP contribution in [0.5, 0.6) is 0 Å². The smallest absolute Gasteiger partial charge is 0.332 e. The van der Waals surface area contributed by atoms with Gasteiger partial charge in [-0.3, -0.25) is 0 Å². The molecular weight excluding hydrogens is 218 g/mol. The Morgan fingerprint density at radius 2 is 2.00 bits per heavy atom. The second kappa shape index (κ2) is 6.61. The Labute approximate surface area is 100 Å². The molecule has 0 N–H and O–H groups in total. The van der Waals surface area contributed by atoms with Gasteiger partial charge in [0.15, 0.2) is 6.04 Å². The standard InChI is InChI=1S/C13H15NO3/c1-10(2)17-13(16)12(14-9-15)8-11-6-4-3-5-7-11/h3-7,10,12H,8H2,1-2H3/t12-/m1/s1. The minimum atomic E-state index is -0.808. The van der Waals surface area contributed by atoms with Crippen molar-refractivity contribution in [1.82, 2.24) is 0 Å². The molecule has 0 spiro atoms. The monoisotopic (exact) mass is 233 g/mol. The second-order valence-electron chi connectivity index (χ2n) is 3.91. The Kier molecular flexibility index (Phi) is 5.11. The van der Waals surface area contributed by atoms with Crippen molar-refractivity contribution >= 4 is 12.0 Å². The molecule has 0 aliphatic heterocycles. The highest BCUT2D eigenvalue weighted by atomic mass is 16.5. The molecule has 1 atom stereocenters. The molecule has 0 fully saturated rings. The maximum Gasteiger partial charge on any atom is 0.332 e. The summed E-state index contributed by atoms with van der Waals surface area (Å²) in [5, 5.41) is 0. The van der Waals surface area contributed by atoms with E-state index in [-0.39, 0.29) is 6.10 Å². The van der Waals surface area contributed by atoms with Crippen molar-refractivity contribution in [1.29, 1.82) is 0 Å². The number of aliphatic imine (C=N–C) groups is 1. The van der Waals surface area contributed by atoms with Crippen molar-refractivity contribution in [3.05, 3.63) is 35.9 Å². The van der Waals surface area contributed by atoms with Gasteiger partial charge in [-0.25, -0.2) is 9.59 Å². The molecule has 0 saturated heterocycles. The number of ether oxygens (including phenoxy) is 1. The highest BCUT2D eigenvalue weighted by Crippen LogP contribution is 2.08.